The van der Waals surface area contributed by atoms with Crippen molar-refractivity contribution in [1.29, 1.82) is 0 Å². The maximum absolute atomic E-state index is 12.8. The molecule has 1 aromatic carbocycles. The fourth-order valence-electron chi connectivity index (χ4n) is 4.10. The summed E-state index contributed by atoms with van der Waals surface area (Å²) in [6, 6.07) is 9.34. The molecule has 150 valence electrons. The maximum atomic E-state index is 12.8. The van der Waals surface area contributed by atoms with Gasteiger partial charge in [0.25, 0.3) is 16.1 Å². The van der Waals surface area contributed by atoms with E-state index in [0.717, 1.165) is 31.1 Å². The van der Waals surface area contributed by atoms with Crippen LogP contribution in [-0.4, -0.2) is 60.6 Å². The van der Waals surface area contributed by atoms with Crippen molar-refractivity contribution in [2.24, 2.45) is 5.92 Å². The van der Waals surface area contributed by atoms with Gasteiger partial charge < -0.3 is 5.32 Å². The van der Waals surface area contributed by atoms with Crippen LogP contribution in [-0.2, 0) is 10.2 Å². The summed E-state index contributed by atoms with van der Waals surface area (Å²) in [5.41, 5.74) is 1.24. The Kier molecular flexibility index (Phi) is 5.61. The van der Waals surface area contributed by atoms with Gasteiger partial charge in [-0.25, -0.2) is 0 Å². The van der Waals surface area contributed by atoms with Crippen LogP contribution in [0.5, 0.6) is 0 Å². The molecular weight excluding hydrogens is 376 g/mol. The minimum absolute atomic E-state index is 0.123. The standard InChI is InChI=1S/C20H26N4O3S/c25-20(18-9-3-7-17-8-4-10-21-19(17)18)22-14-16-6-5-13-24(15-16)28(26,27)23-11-1-2-12-23/h3-4,7-10,16H,1-2,5-6,11-15H2,(H,22,25). The maximum Gasteiger partial charge on any atom is 0.281 e. The average Bonchev–Trinajstić information content (AvgIpc) is 3.28. The topological polar surface area (TPSA) is 82.6 Å². The van der Waals surface area contributed by atoms with Crippen LogP contribution in [0, 0.1) is 5.92 Å². The smallest absolute Gasteiger partial charge is 0.281 e. The van der Waals surface area contributed by atoms with Gasteiger partial charge in [-0.1, -0.05) is 18.2 Å². The fourth-order valence-corrected chi connectivity index (χ4v) is 5.91. The Hall–Kier alpha value is -2.03. The molecule has 1 aromatic heterocycles. The highest BCUT2D eigenvalue weighted by Crippen LogP contribution is 2.23. The SMILES string of the molecule is O=C(NCC1CCCN(S(=O)(=O)N2CCCC2)C1)c1cccc2cccnc12. The highest BCUT2D eigenvalue weighted by Gasteiger charge is 2.34. The van der Waals surface area contributed by atoms with Crippen molar-refractivity contribution in [1.82, 2.24) is 18.9 Å². The number of rotatable bonds is 5. The van der Waals surface area contributed by atoms with Crippen LogP contribution < -0.4 is 5.32 Å². The summed E-state index contributed by atoms with van der Waals surface area (Å²) >= 11 is 0. The lowest BCUT2D eigenvalue weighted by molar-refractivity contribution is 0.0942. The number of benzene rings is 1. The lowest BCUT2D eigenvalue weighted by Gasteiger charge is -2.34. The van der Waals surface area contributed by atoms with Gasteiger partial charge >= 0.3 is 0 Å². The molecule has 1 atom stereocenters. The van der Waals surface area contributed by atoms with E-state index in [9.17, 15) is 13.2 Å². The number of carbonyl (C=O) groups excluding carboxylic acids is 1. The van der Waals surface area contributed by atoms with Crippen molar-refractivity contribution in [3.63, 3.8) is 0 Å². The lowest BCUT2D eigenvalue weighted by atomic mass is 9.99. The zero-order valence-corrected chi connectivity index (χ0v) is 16.7. The van der Waals surface area contributed by atoms with E-state index in [1.54, 1.807) is 20.9 Å². The molecule has 1 N–H and O–H groups in total. The number of nitrogens with one attached hydrogen (secondary N) is 1. The monoisotopic (exact) mass is 402 g/mol. The second-order valence-corrected chi connectivity index (χ2v) is 9.50. The Morgan fingerprint density at radius 1 is 1.07 bits per heavy atom. The van der Waals surface area contributed by atoms with Gasteiger partial charge in [-0.05, 0) is 43.7 Å². The van der Waals surface area contributed by atoms with Crippen LogP contribution in [0.4, 0.5) is 0 Å². The van der Waals surface area contributed by atoms with Gasteiger partial charge in [0.15, 0.2) is 0 Å². The van der Waals surface area contributed by atoms with Crippen LogP contribution in [0.25, 0.3) is 10.9 Å². The van der Waals surface area contributed by atoms with Gasteiger partial charge in [0.2, 0.25) is 0 Å². The Morgan fingerprint density at radius 2 is 1.82 bits per heavy atom. The number of piperidine rings is 1. The number of para-hydroxylation sites is 1. The van der Waals surface area contributed by atoms with E-state index in [1.165, 1.54) is 0 Å². The molecule has 0 aliphatic carbocycles. The van der Waals surface area contributed by atoms with E-state index in [0.29, 0.717) is 43.8 Å². The van der Waals surface area contributed by atoms with Gasteiger partial charge in [-0.15, -0.1) is 0 Å². The third-order valence-corrected chi connectivity index (χ3v) is 7.63. The number of carbonyl (C=O) groups is 1. The Labute approximate surface area is 165 Å². The summed E-state index contributed by atoms with van der Waals surface area (Å²) in [4.78, 5) is 17.0. The van der Waals surface area contributed by atoms with E-state index >= 15 is 0 Å². The summed E-state index contributed by atoms with van der Waals surface area (Å²) < 4.78 is 28.8. The van der Waals surface area contributed by atoms with Crippen LogP contribution in [0.3, 0.4) is 0 Å². The van der Waals surface area contributed by atoms with E-state index in [4.69, 9.17) is 0 Å². The van der Waals surface area contributed by atoms with E-state index < -0.39 is 10.2 Å². The van der Waals surface area contributed by atoms with Crippen molar-refractivity contribution in [3.05, 3.63) is 42.1 Å². The van der Waals surface area contributed by atoms with Crippen molar-refractivity contribution in [2.45, 2.75) is 25.7 Å². The molecule has 4 rings (SSSR count). The van der Waals surface area contributed by atoms with E-state index in [2.05, 4.69) is 10.3 Å². The molecule has 2 aliphatic heterocycles. The second-order valence-electron chi connectivity index (χ2n) is 7.57. The molecule has 0 radical (unpaired) electrons. The van der Waals surface area contributed by atoms with Gasteiger partial charge in [0, 0.05) is 44.3 Å². The van der Waals surface area contributed by atoms with Gasteiger partial charge in [-0.3, -0.25) is 9.78 Å². The number of hydrogen-bond acceptors (Lipinski definition) is 4. The summed E-state index contributed by atoms with van der Waals surface area (Å²) in [7, 11) is -3.37. The van der Waals surface area contributed by atoms with Crippen molar-refractivity contribution in [3.8, 4) is 0 Å². The van der Waals surface area contributed by atoms with Crippen molar-refractivity contribution in [2.75, 3.05) is 32.7 Å². The Balaban J connectivity index is 1.40. The third kappa shape index (κ3) is 3.90. The predicted molar refractivity (Wildman–Crippen MR) is 108 cm³/mol. The molecule has 0 spiro atoms. The summed E-state index contributed by atoms with van der Waals surface area (Å²) in [5, 5.41) is 3.91. The van der Waals surface area contributed by atoms with E-state index in [-0.39, 0.29) is 11.8 Å². The number of fused-ring (bicyclic) bond motifs is 1. The molecule has 7 nitrogen and oxygen atoms in total. The molecular formula is C20H26N4O3S. The molecule has 1 unspecified atom stereocenters. The number of pyridine rings is 1. The third-order valence-electron chi connectivity index (χ3n) is 5.63. The molecule has 0 bridgehead atoms. The van der Waals surface area contributed by atoms with Crippen LogP contribution in [0.2, 0.25) is 0 Å². The molecule has 28 heavy (non-hydrogen) atoms. The van der Waals surface area contributed by atoms with Gasteiger partial charge in [-0.2, -0.15) is 17.0 Å². The van der Waals surface area contributed by atoms with Crippen LogP contribution in [0.1, 0.15) is 36.0 Å². The van der Waals surface area contributed by atoms with Crippen LogP contribution in [0.15, 0.2) is 36.5 Å². The summed E-state index contributed by atoms with van der Waals surface area (Å²) in [6.07, 6.45) is 5.29. The molecule has 2 saturated heterocycles. The number of amides is 1. The Morgan fingerprint density at radius 3 is 2.64 bits per heavy atom. The molecule has 2 fully saturated rings. The first-order valence-electron chi connectivity index (χ1n) is 9.93. The zero-order valence-electron chi connectivity index (χ0n) is 15.9. The van der Waals surface area contributed by atoms with Crippen LogP contribution >= 0.6 is 0 Å². The number of nitrogens with zero attached hydrogens (tertiary/aromatic N) is 3. The highest BCUT2D eigenvalue weighted by atomic mass is 32.2. The summed E-state index contributed by atoms with van der Waals surface area (Å²) in [6.45, 7) is 2.74. The quantitative estimate of drug-likeness (QED) is 0.829. The second kappa shape index (κ2) is 8.14. The van der Waals surface area contributed by atoms with Crippen molar-refractivity contribution >= 4 is 27.0 Å². The normalized spacial score (nSPS) is 21.8. The Bertz CT molecular complexity index is 952. The lowest BCUT2D eigenvalue weighted by Crippen LogP contribution is -2.48. The molecule has 1 amide bonds. The highest BCUT2D eigenvalue weighted by molar-refractivity contribution is 7.86. The molecule has 2 aliphatic rings. The van der Waals surface area contributed by atoms with Gasteiger partial charge in [0.1, 0.15) is 0 Å². The molecule has 2 aromatic rings. The number of hydrogen-bond donors (Lipinski definition) is 1. The largest absolute Gasteiger partial charge is 0.352 e. The molecule has 3 heterocycles. The first-order chi connectivity index (χ1) is 13.6. The fraction of sp³-hybridized carbons (Fsp3) is 0.500. The van der Waals surface area contributed by atoms with E-state index in [1.807, 2.05) is 24.3 Å². The number of aromatic nitrogens is 1. The van der Waals surface area contributed by atoms with Crippen molar-refractivity contribution < 1.29 is 13.2 Å². The first-order valence-corrected chi connectivity index (χ1v) is 11.3. The average molecular weight is 403 g/mol. The molecule has 8 heteroatoms. The summed E-state index contributed by atoms with van der Waals surface area (Å²) in [5.74, 6) is -0.0400. The predicted octanol–water partition coefficient (Wildman–Crippen LogP) is 2.02. The van der Waals surface area contributed by atoms with Gasteiger partial charge in [0.05, 0.1) is 11.1 Å². The first kappa shape index (κ1) is 19.3. The zero-order chi connectivity index (χ0) is 19.6. The minimum atomic E-state index is -3.37. The minimum Gasteiger partial charge on any atom is -0.352 e. The molecule has 0 saturated carbocycles.